The number of nitrogens with one attached hydrogen (secondary N) is 1. The van der Waals surface area contributed by atoms with Gasteiger partial charge in [0, 0.05) is 11.9 Å². The van der Waals surface area contributed by atoms with E-state index in [-0.39, 0.29) is 30.6 Å². The van der Waals surface area contributed by atoms with Gasteiger partial charge >= 0.3 is 0 Å². The van der Waals surface area contributed by atoms with Gasteiger partial charge in [-0.15, -0.1) is 24.8 Å². The third kappa shape index (κ3) is 3.75. The van der Waals surface area contributed by atoms with Gasteiger partial charge in [0.2, 0.25) is 0 Å². The van der Waals surface area contributed by atoms with Gasteiger partial charge in [0.25, 0.3) is 0 Å². The average Bonchev–Trinajstić information content (AvgIpc) is 2.25. The van der Waals surface area contributed by atoms with E-state index >= 15 is 0 Å². The number of anilines is 3. The second kappa shape index (κ2) is 7.03. The molecule has 1 aromatic heterocycles. The lowest BCUT2D eigenvalue weighted by Crippen LogP contribution is -2.00. The summed E-state index contributed by atoms with van der Waals surface area (Å²) in [7, 11) is 0. The summed E-state index contributed by atoms with van der Waals surface area (Å²) < 4.78 is 12.9. The molecule has 0 aliphatic carbocycles. The van der Waals surface area contributed by atoms with E-state index in [0.717, 1.165) is 11.3 Å². The smallest absolute Gasteiger partial charge is 0.153 e. The van der Waals surface area contributed by atoms with Gasteiger partial charge < -0.3 is 11.1 Å². The molecule has 0 aliphatic heterocycles. The Balaban J connectivity index is 0.00000144. The summed E-state index contributed by atoms with van der Waals surface area (Å²) in [4.78, 5) is 4.11. The molecule has 18 heavy (non-hydrogen) atoms. The first-order valence-electron chi connectivity index (χ1n) is 4.90. The van der Waals surface area contributed by atoms with E-state index in [0.29, 0.717) is 11.5 Å². The minimum atomic E-state index is -0.253. The molecule has 0 unspecified atom stereocenters. The number of rotatable bonds is 2. The molecular formula is C12H14Cl2FN3. The van der Waals surface area contributed by atoms with Crippen LogP contribution in [0.4, 0.5) is 21.6 Å². The van der Waals surface area contributed by atoms with E-state index in [1.807, 2.05) is 6.92 Å². The van der Waals surface area contributed by atoms with E-state index in [1.165, 1.54) is 12.1 Å². The molecule has 2 aromatic rings. The van der Waals surface area contributed by atoms with Crippen molar-refractivity contribution in [3.05, 3.63) is 47.9 Å². The molecule has 0 saturated heterocycles. The van der Waals surface area contributed by atoms with E-state index in [9.17, 15) is 4.39 Å². The summed E-state index contributed by atoms with van der Waals surface area (Å²) in [6.45, 7) is 1.82. The maximum Gasteiger partial charge on any atom is 0.153 e. The van der Waals surface area contributed by atoms with Crippen LogP contribution in [-0.2, 0) is 0 Å². The summed E-state index contributed by atoms with van der Waals surface area (Å²) >= 11 is 0. The molecule has 0 spiro atoms. The summed E-state index contributed by atoms with van der Waals surface area (Å²) in [5.41, 5.74) is 7.92. The Morgan fingerprint density at radius 2 is 1.94 bits per heavy atom. The number of hydrogen-bond donors (Lipinski definition) is 2. The van der Waals surface area contributed by atoms with Crippen molar-refractivity contribution in [3.63, 3.8) is 0 Å². The SMILES string of the molecule is Cc1cc(F)ccc1Nc1ncccc1N.Cl.Cl. The van der Waals surface area contributed by atoms with Gasteiger partial charge in [-0.1, -0.05) is 0 Å². The first-order valence-corrected chi connectivity index (χ1v) is 4.90. The Hall–Kier alpha value is -1.52. The molecule has 0 fully saturated rings. The molecule has 3 nitrogen and oxygen atoms in total. The number of aryl methyl sites for hydroxylation is 1. The molecule has 0 saturated carbocycles. The van der Waals surface area contributed by atoms with Crippen molar-refractivity contribution in [2.45, 2.75) is 6.92 Å². The van der Waals surface area contributed by atoms with E-state index in [2.05, 4.69) is 10.3 Å². The Labute approximate surface area is 117 Å². The Morgan fingerprint density at radius 1 is 1.22 bits per heavy atom. The molecule has 0 amide bonds. The lowest BCUT2D eigenvalue weighted by Gasteiger charge is -2.10. The zero-order chi connectivity index (χ0) is 11.5. The number of pyridine rings is 1. The highest BCUT2D eigenvalue weighted by atomic mass is 35.5. The maximum atomic E-state index is 12.9. The molecule has 1 aromatic carbocycles. The van der Waals surface area contributed by atoms with Crippen LogP contribution >= 0.6 is 24.8 Å². The summed E-state index contributed by atoms with van der Waals surface area (Å²) in [5, 5.41) is 3.06. The molecule has 1 heterocycles. The number of hydrogen-bond acceptors (Lipinski definition) is 3. The predicted molar refractivity (Wildman–Crippen MR) is 77.6 cm³/mol. The zero-order valence-electron chi connectivity index (χ0n) is 9.68. The summed E-state index contributed by atoms with van der Waals surface area (Å²) in [6, 6.07) is 8.04. The van der Waals surface area contributed by atoms with Crippen LogP contribution in [0.3, 0.4) is 0 Å². The van der Waals surface area contributed by atoms with Gasteiger partial charge in [-0.25, -0.2) is 9.37 Å². The van der Waals surface area contributed by atoms with Crippen LogP contribution in [0.15, 0.2) is 36.5 Å². The monoisotopic (exact) mass is 289 g/mol. The van der Waals surface area contributed by atoms with Crippen LogP contribution in [0.5, 0.6) is 0 Å². The maximum absolute atomic E-state index is 12.9. The third-order valence-corrected chi connectivity index (χ3v) is 2.28. The largest absolute Gasteiger partial charge is 0.396 e. The number of benzene rings is 1. The first-order chi connectivity index (χ1) is 7.66. The molecule has 0 atom stereocenters. The number of nitrogens with zero attached hydrogens (tertiary/aromatic N) is 1. The van der Waals surface area contributed by atoms with E-state index < -0.39 is 0 Å². The zero-order valence-corrected chi connectivity index (χ0v) is 11.3. The molecule has 0 radical (unpaired) electrons. The quantitative estimate of drug-likeness (QED) is 0.886. The summed E-state index contributed by atoms with van der Waals surface area (Å²) in [5.74, 6) is 0.328. The van der Waals surface area contributed by atoms with Crippen LogP contribution in [0, 0.1) is 12.7 Å². The highest BCUT2D eigenvalue weighted by molar-refractivity contribution is 5.85. The lowest BCUT2D eigenvalue weighted by molar-refractivity contribution is 0.627. The minimum Gasteiger partial charge on any atom is -0.396 e. The van der Waals surface area contributed by atoms with Gasteiger partial charge in [-0.2, -0.15) is 0 Å². The Bertz CT molecular complexity index is 520. The Kier molecular flexibility index (Phi) is 6.44. The topological polar surface area (TPSA) is 50.9 Å². The van der Waals surface area contributed by atoms with Crippen molar-refractivity contribution in [1.82, 2.24) is 4.98 Å². The van der Waals surface area contributed by atoms with Crippen molar-refractivity contribution in [3.8, 4) is 0 Å². The molecule has 3 N–H and O–H groups in total. The van der Waals surface area contributed by atoms with Crippen LogP contribution < -0.4 is 11.1 Å². The van der Waals surface area contributed by atoms with Crippen LogP contribution in [-0.4, -0.2) is 4.98 Å². The molecule has 2 rings (SSSR count). The Morgan fingerprint density at radius 3 is 2.56 bits per heavy atom. The van der Waals surface area contributed by atoms with Crippen molar-refractivity contribution in [1.29, 1.82) is 0 Å². The fourth-order valence-corrected chi connectivity index (χ4v) is 1.42. The second-order valence-electron chi connectivity index (χ2n) is 3.53. The van der Waals surface area contributed by atoms with E-state index in [4.69, 9.17) is 5.73 Å². The number of halogens is 3. The van der Waals surface area contributed by atoms with Gasteiger partial charge in [0.15, 0.2) is 5.82 Å². The number of nitrogens with two attached hydrogens (primary N) is 1. The normalized spacial score (nSPS) is 9.00. The minimum absolute atomic E-state index is 0. The molecular weight excluding hydrogens is 276 g/mol. The molecule has 98 valence electrons. The van der Waals surface area contributed by atoms with E-state index in [1.54, 1.807) is 24.4 Å². The average molecular weight is 290 g/mol. The molecule has 0 aliphatic rings. The molecule has 0 bridgehead atoms. The van der Waals surface area contributed by atoms with Gasteiger partial charge in [-0.05, 0) is 42.8 Å². The van der Waals surface area contributed by atoms with Gasteiger partial charge in [-0.3, -0.25) is 0 Å². The molecule has 6 heteroatoms. The lowest BCUT2D eigenvalue weighted by atomic mass is 10.2. The first kappa shape index (κ1) is 16.5. The van der Waals surface area contributed by atoms with Crippen molar-refractivity contribution >= 4 is 42.0 Å². The number of aromatic nitrogens is 1. The van der Waals surface area contributed by atoms with Crippen LogP contribution in [0.1, 0.15) is 5.56 Å². The number of nitrogen functional groups attached to an aromatic ring is 1. The standard InChI is InChI=1S/C12H12FN3.2ClH/c1-8-7-9(13)4-5-11(8)16-12-10(14)3-2-6-15-12;;/h2-7H,14H2,1H3,(H,15,16);2*1H. The fraction of sp³-hybridized carbons (Fsp3) is 0.0833. The van der Waals surface area contributed by atoms with Crippen LogP contribution in [0.25, 0.3) is 0 Å². The van der Waals surface area contributed by atoms with Crippen LogP contribution in [0.2, 0.25) is 0 Å². The second-order valence-corrected chi connectivity index (χ2v) is 3.53. The summed E-state index contributed by atoms with van der Waals surface area (Å²) in [6.07, 6.45) is 1.65. The van der Waals surface area contributed by atoms with Crippen molar-refractivity contribution < 1.29 is 4.39 Å². The highest BCUT2D eigenvalue weighted by Crippen LogP contribution is 2.23. The fourth-order valence-electron chi connectivity index (χ4n) is 1.42. The van der Waals surface area contributed by atoms with Gasteiger partial charge in [0.05, 0.1) is 5.69 Å². The third-order valence-electron chi connectivity index (χ3n) is 2.28. The predicted octanol–water partition coefficient (Wildman–Crippen LogP) is 3.70. The van der Waals surface area contributed by atoms with Crippen molar-refractivity contribution in [2.75, 3.05) is 11.1 Å². The van der Waals surface area contributed by atoms with Crippen molar-refractivity contribution in [2.24, 2.45) is 0 Å². The van der Waals surface area contributed by atoms with Gasteiger partial charge in [0.1, 0.15) is 5.82 Å². The highest BCUT2D eigenvalue weighted by Gasteiger charge is 2.03.